The predicted octanol–water partition coefficient (Wildman–Crippen LogP) is 3.62. The van der Waals surface area contributed by atoms with E-state index in [9.17, 15) is 17.2 Å². The summed E-state index contributed by atoms with van der Waals surface area (Å²) in [5.74, 6) is -3.14. The van der Waals surface area contributed by atoms with E-state index in [4.69, 9.17) is 0 Å². The molecule has 0 aliphatic carbocycles. The number of alkyl halides is 2. The van der Waals surface area contributed by atoms with Gasteiger partial charge < -0.3 is 0 Å². The Morgan fingerprint density at radius 1 is 0.962 bits per heavy atom. The predicted molar refractivity (Wildman–Crippen MR) is 94.4 cm³/mol. The lowest BCUT2D eigenvalue weighted by Gasteiger charge is -2.24. The lowest BCUT2D eigenvalue weighted by molar-refractivity contribution is -0.0116. The largest absolute Gasteiger partial charge is 0.265 e. The van der Waals surface area contributed by atoms with E-state index in [1.165, 1.54) is 12.3 Å². The van der Waals surface area contributed by atoms with Gasteiger partial charge in [-0.3, -0.25) is 4.98 Å². The molecule has 4 rings (SSSR count). The zero-order valence-electron chi connectivity index (χ0n) is 13.8. The Balaban J connectivity index is 1.85. The number of benzene rings is 2. The van der Waals surface area contributed by atoms with Crippen molar-refractivity contribution in [2.24, 2.45) is 0 Å². The van der Waals surface area contributed by atoms with Gasteiger partial charge in [-0.15, -0.1) is 0 Å². The van der Waals surface area contributed by atoms with E-state index in [0.717, 1.165) is 4.31 Å². The second-order valence-electron chi connectivity index (χ2n) is 6.41. The number of halogens is 2. The molecule has 2 heterocycles. The molecule has 0 amide bonds. The number of para-hydroxylation sites is 1. The van der Waals surface area contributed by atoms with Crippen molar-refractivity contribution in [1.29, 1.82) is 0 Å². The SMILES string of the molecule is O=S(=O)(c1cccc2cccnc12)N1Cc2ccccc2CC(F)(F)C1. The number of nitrogens with zero attached hydrogens (tertiary/aromatic N) is 2. The second kappa shape index (κ2) is 6.10. The van der Waals surface area contributed by atoms with Crippen molar-refractivity contribution >= 4 is 20.9 Å². The lowest BCUT2D eigenvalue weighted by atomic mass is 10.0. The summed E-state index contributed by atoms with van der Waals surface area (Å²) >= 11 is 0. The molecule has 7 heteroatoms. The van der Waals surface area contributed by atoms with E-state index < -0.39 is 28.9 Å². The van der Waals surface area contributed by atoms with E-state index in [1.54, 1.807) is 48.5 Å². The van der Waals surface area contributed by atoms with Gasteiger partial charge in [-0.05, 0) is 23.3 Å². The summed E-state index contributed by atoms with van der Waals surface area (Å²) in [7, 11) is -4.13. The minimum atomic E-state index is -4.13. The molecule has 0 N–H and O–H groups in total. The molecule has 0 atom stereocenters. The van der Waals surface area contributed by atoms with Crippen molar-refractivity contribution in [2.45, 2.75) is 23.8 Å². The number of rotatable bonds is 2. The summed E-state index contributed by atoms with van der Waals surface area (Å²) in [5, 5.41) is 0.649. The van der Waals surface area contributed by atoms with Gasteiger partial charge in [0.1, 0.15) is 4.90 Å². The lowest BCUT2D eigenvalue weighted by Crippen LogP contribution is -2.39. The Hall–Kier alpha value is -2.38. The standard InChI is InChI=1S/C19H16F2N2O2S/c20-19(21)11-15-5-1-2-6-16(15)12-23(13-19)26(24,25)17-9-3-7-14-8-4-10-22-18(14)17/h1-10H,11-13H2. The maximum Gasteiger partial charge on any atom is 0.265 e. The molecule has 1 aromatic heterocycles. The highest BCUT2D eigenvalue weighted by Gasteiger charge is 2.41. The third-order valence-corrected chi connectivity index (χ3v) is 6.36. The fraction of sp³-hybridized carbons (Fsp3) is 0.211. The molecule has 134 valence electrons. The Bertz CT molecular complexity index is 1080. The second-order valence-corrected chi connectivity index (χ2v) is 8.31. The van der Waals surface area contributed by atoms with Crippen LogP contribution < -0.4 is 0 Å². The van der Waals surface area contributed by atoms with E-state index >= 15 is 0 Å². The molecule has 0 saturated heterocycles. The fourth-order valence-electron chi connectivity index (χ4n) is 3.32. The van der Waals surface area contributed by atoms with Gasteiger partial charge in [0, 0.05) is 24.5 Å². The smallest absolute Gasteiger partial charge is 0.255 e. The Labute approximate surface area is 150 Å². The van der Waals surface area contributed by atoms with Gasteiger partial charge in [0.25, 0.3) is 5.92 Å². The van der Waals surface area contributed by atoms with E-state index in [-0.39, 0.29) is 17.0 Å². The van der Waals surface area contributed by atoms with Gasteiger partial charge in [0.2, 0.25) is 10.0 Å². The maximum absolute atomic E-state index is 14.4. The zero-order valence-corrected chi connectivity index (χ0v) is 14.6. The van der Waals surface area contributed by atoms with Crippen LogP contribution in [0.1, 0.15) is 11.1 Å². The fourth-order valence-corrected chi connectivity index (χ4v) is 4.93. The first-order chi connectivity index (χ1) is 12.4. The first-order valence-corrected chi connectivity index (χ1v) is 9.59. The van der Waals surface area contributed by atoms with Gasteiger partial charge in [-0.25, -0.2) is 17.2 Å². The molecular formula is C19H16F2N2O2S. The molecular weight excluding hydrogens is 358 g/mol. The van der Waals surface area contributed by atoms with E-state index in [2.05, 4.69) is 4.98 Å². The maximum atomic E-state index is 14.4. The van der Waals surface area contributed by atoms with Crippen molar-refractivity contribution in [3.05, 3.63) is 71.9 Å². The third kappa shape index (κ3) is 2.97. The molecule has 0 fully saturated rings. The van der Waals surface area contributed by atoms with Crippen molar-refractivity contribution in [3.8, 4) is 0 Å². The number of fused-ring (bicyclic) bond motifs is 2. The van der Waals surface area contributed by atoms with Gasteiger partial charge >= 0.3 is 0 Å². The quantitative estimate of drug-likeness (QED) is 0.688. The van der Waals surface area contributed by atoms with E-state index in [1.807, 2.05) is 0 Å². The summed E-state index contributed by atoms with van der Waals surface area (Å²) < 4.78 is 56.1. The average molecular weight is 374 g/mol. The number of hydrogen-bond donors (Lipinski definition) is 0. The Morgan fingerprint density at radius 2 is 1.69 bits per heavy atom. The highest BCUT2D eigenvalue weighted by atomic mass is 32.2. The number of hydrogen-bond acceptors (Lipinski definition) is 3. The van der Waals surface area contributed by atoms with Gasteiger partial charge in [-0.2, -0.15) is 4.31 Å². The molecule has 4 nitrogen and oxygen atoms in total. The van der Waals surface area contributed by atoms with Crippen molar-refractivity contribution in [3.63, 3.8) is 0 Å². The van der Waals surface area contributed by atoms with Crippen molar-refractivity contribution < 1.29 is 17.2 Å². The van der Waals surface area contributed by atoms with Crippen LogP contribution in [0.4, 0.5) is 8.78 Å². The third-order valence-electron chi connectivity index (χ3n) is 4.54. The van der Waals surface area contributed by atoms with Gasteiger partial charge in [0.05, 0.1) is 12.1 Å². The zero-order chi connectivity index (χ0) is 18.4. The molecule has 0 saturated carbocycles. The first kappa shape index (κ1) is 17.1. The molecule has 2 aromatic carbocycles. The first-order valence-electron chi connectivity index (χ1n) is 8.15. The summed E-state index contributed by atoms with van der Waals surface area (Å²) in [6, 6.07) is 14.9. The van der Waals surface area contributed by atoms with Crippen LogP contribution in [0.2, 0.25) is 0 Å². The van der Waals surface area contributed by atoms with Crippen molar-refractivity contribution in [1.82, 2.24) is 9.29 Å². The average Bonchev–Trinajstić information content (AvgIpc) is 2.76. The highest BCUT2D eigenvalue weighted by molar-refractivity contribution is 7.89. The molecule has 3 aromatic rings. The molecule has 1 aliphatic heterocycles. The van der Waals surface area contributed by atoms with Crippen molar-refractivity contribution in [2.75, 3.05) is 6.54 Å². The summed E-state index contributed by atoms with van der Waals surface area (Å²) in [6.45, 7) is -0.940. The Kier molecular flexibility index (Phi) is 4.00. The minimum Gasteiger partial charge on any atom is -0.255 e. The van der Waals surface area contributed by atoms with Crippen LogP contribution >= 0.6 is 0 Å². The minimum absolute atomic E-state index is 0.0502. The van der Waals surface area contributed by atoms with Crippen LogP contribution in [0.3, 0.4) is 0 Å². The molecule has 0 spiro atoms. The van der Waals surface area contributed by atoms with Crippen LogP contribution in [0.15, 0.2) is 65.7 Å². The number of sulfonamides is 1. The van der Waals surface area contributed by atoms with Crippen LogP contribution in [0.5, 0.6) is 0 Å². The van der Waals surface area contributed by atoms with E-state index in [0.29, 0.717) is 16.5 Å². The van der Waals surface area contributed by atoms with Gasteiger partial charge in [-0.1, -0.05) is 42.5 Å². The van der Waals surface area contributed by atoms with Crippen LogP contribution in [-0.4, -0.2) is 30.2 Å². The highest BCUT2D eigenvalue weighted by Crippen LogP contribution is 2.33. The van der Waals surface area contributed by atoms with Crippen LogP contribution in [0.25, 0.3) is 10.9 Å². The molecule has 1 aliphatic rings. The molecule has 0 radical (unpaired) electrons. The number of pyridine rings is 1. The summed E-state index contributed by atoms with van der Waals surface area (Å²) in [5.41, 5.74) is 1.36. The monoisotopic (exact) mass is 374 g/mol. The Morgan fingerprint density at radius 3 is 2.50 bits per heavy atom. The van der Waals surface area contributed by atoms with Gasteiger partial charge in [0.15, 0.2) is 0 Å². The molecule has 26 heavy (non-hydrogen) atoms. The summed E-state index contributed by atoms with van der Waals surface area (Å²) in [6.07, 6.45) is 1.02. The molecule has 0 unspecified atom stereocenters. The molecule has 0 bridgehead atoms. The van der Waals surface area contributed by atoms with Crippen LogP contribution in [0, 0.1) is 0 Å². The number of aromatic nitrogens is 1. The summed E-state index contributed by atoms with van der Waals surface area (Å²) in [4.78, 5) is 4.10. The topological polar surface area (TPSA) is 50.3 Å². The van der Waals surface area contributed by atoms with Crippen LogP contribution in [-0.2, 0) is 23.0 Å². The normalized spacial score (nSPS) is 17.6.